The Balaban J connectivity index is 1.65. The Labute approximate surface area is 198 Å². The third-order valence-electron chi connectivity index (χ3n) is 6.54. The topological polar surface area (TPSA) is 92.9 Å². The quantitative estimate of drug-likeness (QED) is 0.485. The molecule has 7 heteroatoms. The van der Waals surface area contributed by atoms with Gasteiger partial charge in [-0.25, -0.2) is 4.98 Å². The maximum atomic E-state index is 13.7. The molecule has 0 bridgehead atoms. The number of hydrogen-bond donors (Lipinski definition) is 1. The fourth-order valence-corrected chi connectivity index (χ4v) is 4.86. The van der Waals surface area contributed by atoms with Gasteiger partial charge in [-0.3, -0.25) is 9.36 Å². The number of nitriles is 1. The van der Waals surface area contributed by atoms with E-state index in [1.165, 1.54) is 0 Å². The molecule has 1 saturated heterocycles. The number of piperidine rings is 1. The predicted octanol–water partition coefficient (Wildman–Crippen LogP) is 3.29. The molecule has 3 heterocycles. The maximum absolute atomic E-state index is 13.7. The van der Waals surface area contributed by atoms with Crippen molar-refractivity contribution in [3.8, 4) is 6.07 Å². The van der Waals surface area contributed by atoms with E-state index >= 15 is 0 Å². The second-order valence-corrected chi connectivity index (χ2v) is 8.91. The second kappa shape index (κ2) is 9.54. The molecule has 2 N–H and O–H groups in total. The van der Waals surface area contributed by atoms with Gasteiger partial charge in [-0.2, -0.15) is 5.26 Å². The Morgan fingerprint density at radius 3 is 2.44 bits per heavy atom. The molecule has 1 aliphatic heterocycles. The maximum Gasteiger partial charge on any atom is 0.277 e. The van der Waals surface area contributed by atoms with E-state index < -0.39 is 0 Å². The van der Waals surface area contributed by atoms with Crippen LogP contribution in [0.15, 0.2) is 71.8 Å². The highest BCUT2D eigenvalue weighted by molar-refractivity contribution is 5.89. The minimum atomic E-state index is -0.124. The minimum absolute atomic E-state index is 0.0407. The van der Waals surface area contributed by atoms with Crippen molar-refractivity contribution < 1.29 is 0 Å². The van der Waals surface area contributed by atoms with Gasteiger partial charge in [0.2, 0.25) is 0 Å². The molecule has 1 aliphatic rings. The lowest BCUT2D eigenvalue weighted by molar-refractivity contribution is 0.498. The molecule has 7 nitrogen and oxygen atoms in total. The summed E-state index contributed by atoms with van der Waals surface area (Å²) in [7, 11) is 0. The first kappa shape index (κ1) is 21.9. The predicted molar refractivity (Wildman–Crippen MR) is 134 cm³/mol. The molecule has 1 unspecified atom stereocenters. The van der Waals surface area contributed by atoms with Crippen LogP contribution in [0.5, 0.6) is 0 Å². The summed E-state index contributed by atoms with van der Waals surface area (Å²) >= 11 is 0. The van der Waals surface area contributed by atoms with Crippen LogP contribution in [0.2, 0.25) is 0 Å². The molecule has 1 atom stereocenters. The summed E-state index contributed by atoms with van der Waals surface area (Å²) in [4.78, 5) is 20.5. The molecule has 1 fully saturated rings. The monoisotopic (exact) mass is 452 g/mol. The van der Waals surface area contributed by atoms with Gasteiger partial charge in [0.05, 0.1) is 6.33 Å². The van der Waals surface area contributed by atoms with Crippen LogP contribution < -0.4 is 16.2 Å². The van der Waals surface area contributed by atoms with Crippen LogP contribution in [0.4, 0.5) is 5.82 Å². The van der Waals surface area contributed by atoms with Crippen molar-refractivity contribution in [1.29, 1.82) is 5.26 Å². The summed E-state index contributed by atoms with van der Waals surface area (Å²) < 4.78 is 3.64. The SMILES string of the molecule is N#Cc1c(N2CCCC(N)C2)n(Cc2ccccc2)c2c(=O)n(CCc3ccccc3)cnc12. The van der Waals surface area contributed by atoms with Gasteiger partial charge in [-0.1, -0.05) is 60.7 Å². The highest BCUT2D eigenvalue weighted by Crippen LogP contribution is 2.32. The average molecular weight is 453 g/mol. The molecule has 172 valence electrons. The van der Waals surface area contributed by atoms with E-state index in [1.807, 2.05) is 53.1 Å². The highest BCUT2D eigenvalue weighted by atomic mass is 16.1. The number of fused-ring (bicyclic) bond motifs is 1. The molecule has 0 radical (unpaired) electrons. The Morgan fingerprint density at radius 2 is 1.76 bits per heavy atom. The van der Waals surface area contributed by atoms with Crippen molar-refractivity contribution in [2.75, 3.05) is 18.0 Å². The zero-order chi connectivity index (χ0) is 23.5. The lowest BCUT2D eigenvalue weighted by Crippen LogP contribution is -2.44. The third kappa shape index (κ3) is 4.20. The summed E-state index contributed by atoms with van der Waals surface area (Å²) in [5.74, 6) is 0.752. The normalized spacial score (nSPS) is 16.0. The van der Waals surface area contributed by atoms with Crippen LogP contribution >= 0.6 is 0 Å². The zero-order valence-corrected chi connectivity index (χ0v) is 19.1. The number of nitrogens with two attached hydrogens (primary N) is 1. The van der Waals surface area contributed by atoms with Gasteiger partial charge < -0.3 is 15.2 Å². The van der Waals surface area contributed by atoms with Gasteiger partial charge in [-0.15, -0.1) is 0 Å². The molecular formula is C27H28N6O. The van der Waals surface area contributed by atoms with E-state index in [2.05, 4.69) is 28.1 Å². The molecule has 0 spiro atoms. The number of nitrogens with zero attached hydrogens (tertiary/aromatic N) is 5. The highest BCUT2D eigenvalue weighted by Gasteiger charge is 2.28. The van der Waals surface area contributed by atoms with Gasteiger partial charge in [0, 0.05) is 32.2 Å². The first-order valence-electron chi connectivity index (χ1n) is 11.8. The standard InChI is InChI=1S/C27H28N6O/c28-16-23-24-25(27(34)32(19-30-24)15-13-20-8-3-1-4-9-20)33(17-21-10-5-2-6-11-21)26(23)31-14-7-12-22(29)18-31/h1-6,8-11,19,22H,7,12-15,17-18,29H2. The molecule has 34 heavy (non-hydrogen) atoms. The number of aryl methyl sites for hydroxylation is 2. The van der Waals surface area contributed by atoms with E-state index in [1.54, 1.807) is 10.9 Å². The number of anilines is 1. The van der Waals surface area contributed by atoms with Gasteiger partial charge in [0.25, 0.3) is 5.56 Å². The fourth-order valence-electron chi connectivity index (χ4n) is 4.86. The van der Waals surface area contributed by atoms with Crippen molar-refractivity contribution in [2.24, 2.45) is 5.73 Å². The lowest BCUT2D eigenvalue weighted by Gasteiger charge is -2.33. The van der Waals surface area contributed by atoms with Gasteiger partial charge in [-0.05, 0) is 30.4 Å². The third-order valence-corrected chi connectivity index (χ3v) is 6.54. The Morgan fingerprint density at radius 1 is 1.06 bits per heavy atom. The van der Waals surface area contributed by atoms with Gasteiger partial charge >= 0.3 is 0 Å². The number of hydrogen-bond acceptors (Lipinski definition) is 5. The van der Waals surface area contributed by atoms with Crippen molar-refractivity contribution in [2.45, 2.75) is 38.4 Å². The molecule has 5 rings (SSSR count). The molecule has 0 saturated carbocycles. The van der Waals surface area contributed by atoms with Crippen molar-refractivity contribution in [3.05, 3.63) is 94.0 Å². The smallest absolute Gasteiger partial charge is 0.277 e. The lowest BCUT2D eigenvalue weighted by atomic mass is 10.1. The summed E-state index contributed by atoms with van der Waals surface area (Å²) in [6, 6.07) is 22.5. The summed E-state index contributed by atoms with van der Waals surface area (Å²) in [5, 5.41) is 10.1. The van der Waals surface area contributed by atoms with Crippen LogP contribution in [0, 0.1) is 11.3 Å². The Bertz CT molecular complexity index is 1380. The first-order chi connectivity index (χ1) is 16.7. The van der Waals surface area contributed by atoms with E-state index in [-0.39, 0.29) is 11.6 Å². The van der Waals surface area contributed by atoms with E-state index in [4.69, 9.17) is 5.73 Å². The van der Waals surface area contributed by atoms with Crippen LogP contribution in [-0.4, -0.2) is 33.2 Å². The number of rotatable bonds is 6. The second-order valence-electron chi connectivity index (χ2n) is 8.91. The molecule has 2 aromatic heterocycles. The molecule has 0 amide bonds. The van der Waals surface area contributed by atoms with E-state index in [0.717, 1.165) is 42.8 Å². The van der Waals surface area contributed by atoms with E-state index in [0.29, 0.717) is 36.2 Å². The van der Waals surface area contributed by atoms with Crippen molar-refractivity contribution in [3.63, 3.8) is 0 Å². The summed E-state index contributed by atoms with van der Waals surface area (Å²) in [6.07, 6.45) is 4.22. The molecule has 2 aromatic carbocycles. The molecule has 0 aliphatic carbocycles. The first-order valence-corrected chi connectivity index (χ1v) is 11.8. The average Bonchev–Trinajstić information content (AvgIpc) is 3.18. The number of benzene rings is 2. The van der Waals surface area contributed by atoms with Gasteiger partial charge in [0.1, 0.15) is 28.5 Å². The fraction of sp³-hybridized carbons (Fsp3) is 0.296. The van der Waals surface area contributed by atoms with Crippen LogP contribution in [0.1, 0.15) is 29.5 Å². The van der Waals surface area contributed by atoms with Crippen LogP contribution in [0.25, 0.3) is 11.0 Å². The van der Waals surface area contributed by atoms with Crippen LogP contribution in [0.3, 0.4) is 0 Å². The summed E-state index contributed by atoms with van der Waals surface area (Å²) in [6.45, 7) is 2.46. The minimum Gasteiger partial charge on any atom is -0.355 e. The molecule has 4 aromatic rings. The van der Waals surface area contributed by atoms with Gasteiger partial charge in [0.15, 0.2) is 0 Å². The summed E-state index contributed by atoms with van der Waals surface area (Å²) in [5.41, 5.74) is 9.78. The largest absolute Gasteiger partial charge is 0.355 e. The van der Waals surface area contributed by atoms with Crippen LogP contribution in [-0.2, 0) is 19.5 Å². The van der Waals surface area contributed by atoms with Crippen molar-refractivity contribution in [1.82, 2.24) is 14.1 Å². The molecular weight excluding hydrogens is 424 g/mol. The number of aromatic nitrogens is 3. The van der Waals surface area contributed by atoms with E-state index in [9.17, 15) is 10.1 Å². The zero-order valence-electron chi connectivity index (χ0n) is 19.1. The van der Waals surface area contributed by atoms with Crippen molar-refractivity contribution >= 4 is 16.9 Å². The Kier molecular flexibility index (Phi) is 6.15. The Hall–Kier alpha value is -3.89.